The minimum atomic E-state index is 0.396. The lowest BCUT2D eigenvalue weighted by Gasteiger charge is -2.14. The van der Waals surface area contributed by atoms with Crippen molar-refractivity contribution >= 4 is 22.2 Å². The van der Waals surface area contributed by atoms with Crippen molar-refractivity contribution in [1.29, 1.82) is 0 Å². The lowest BCUT2D eigenvalue weighted by molar-refractivity contribution is 0.111. The molecule has 1 aromatic carbocycles. The van der Waals surface area contributed by atoms with Crippen molar-refractivity contribution in [3.8, 4) is 11.5 Å². The molecule has 3 nitrogen and oxygen atoms in total. The summed E-state index contributed by atoms with van der Waals surface area (Å²) in [5.41, 5.74) is 0.492. The van der Waals surface area contributed by atoms with E-state index in [1.165, 1.54) is 0 Å². The topological polar surface area (TPSA) is 35.5 Å². The van der Waals surface area contributed by atoms with E-state index in [1.807, 2.05) is 13.8 Å². The first-order chi connectivity index (χ1) is 7.58. The highest BCUT2D eigenvalue weighted by Crippen LogP contribution is 2.34. The van der Waals surface area contributed by atoms with Gasteiger partial charge in [-0.3, -0.25) is 4.79 Å². The van der Waals surface area contributed by atoms with E-state index in [2.05, 4.69) is 15.9 Å². The quantitative estimate of drug-likeness (QED) is 0.779. The highest BCUT2D eigenvalue weighted by Gasteiger charge is 2.12. The van der Waals surface area contributed by atoms with Crippen molar-refractivity contribution < 1.29 is 14.3 Å². The Hall–Kier alpha value is -1.03. The van der Waals surface area contributed by atoms with Gasteiger partial charge in [0.05, 0.1) is 19.3 Å². The molecule has 16 heavy (non-hydrogen) atoms. The third-order valence-corrected chi connectivity index (χ3v) is 2.41. The second kappa shape index (κ2) is 5.89. The SMILES string of the molecule is COc1cc(Br)cc(C=O)c1OCC(C)C. The number of hydrogen-bond donors (Lipinski definition) is 0. The molecule has 0 aromatic heterocycles. The maximum absolute atomic E-state index is 10.9. The third-order valence-electron chi connectivity index (χ3n) is 1.96. The van der Waals surface area contributed by atoms with Crippen molar-refractivity contribution in [2.45, 2.75) is 13.8 Å². The van der Waals surface area contributed by atoms with Crippen LogP contribution in [0.5, 0.6) is 11.5 Å². The van der Waals surface area contributed by atoms with Gasteiger partial charge in [-0.15, -0.1) is 0 Å². The van der Waals surface area contributed by atoms with Crippen LogP contribution in [0.25, 0.3) is 0 Å². The predicted molar refractivity (Wildman–Crippen MR) is 66.4 cm³/mol. The number of aldehydes is 1. The number of hydrogen-bond acceptors (Lipinski definition) is 3. The first-order valence-corrected chi connectivity index (χ1v) is 5.83. The molecule has 0 fully saturated rings. The molecule has 0 saturated heterocycles. The molecule has 0 N–H and O–H groups in total. The van der Waals surface area contributed by atoms with Crippen molar-refractivity contribution in [3.63, 3.8) is 0 Å². The average molecular weight is 287 g/mol. The average Bonchev–Trinajstić information content (AvgIpc) is 2.25. The van der Waals surface area contributed by atoms with Gasteiger partial charge in [0.25, 0.3) is 0 Å². The summed E-state index contributed by atoms with van der Waals surface area (Å²) in [5.74, 6) is 1.47. The van der Waals surface area contributed by atoms with E-state index in [1.54, 1.807) is 19.2 Å². The van der Waals surface area contributed by atoms with E-state index in [-0.39, 0.29) is 0 Å². The Morgan fingerprint density at radius 3 is 2.62 bits per heavy atom. The van der Waals surface area contributed by atoms with Gasteiger partial charge in [0.2, 0.25) is 0 Å². The number of halogens is 1. The van der Waals surface area contributed by atoms with Crippen LogP contribution in [-0.4, -0.2) is 20.0 Å². The summed E-state index contributed by atoms with van der Waals surface area (Å²) in [6, 6.07) is 3.49. The molecule has 0 aliphatic heterocycles. The highest BCUT2D eigenvalue weighted by atomic mass is 79.9. The van der Waals surface area contributed by atoms with Crippen LogP contribution < -0.4 is 9.47 Å². The maximum Gasteiger partial charge on any atom is 0.171 e. The summed E-state index contributed by atoms with van der Waals surface area (Å²) in [6.45, 7) is 4.65. The molecule has 0 amide bonds. The Kier molecular flexibility index (Phi) is 4.80. The minimum Gasteiger partial charge on any atom is -0.493 e. The van der Waals surface area contributed by atoms with Crippen molar-refractivity contribution in [3.05, 3.63) is 22.2 Å². The van der Waals surface area contributed by atoms with Crippen molar-refractivity contribution in [1.82, 2.24) is 0 Å². The van der Waals surface area contributed by atoms with Crippen LogP contribution in [0, 0.1) is 5.92 Å². The smallest absolute Gasteiger partial charge is 0.171 e. The van der Waals surface area contributed by atoms with E-state index in [0.29, 0.717) is 29.6 Å². The molecule has 88 valence electrons. The first kappa shape index (κ1) is 13.0. The van der Waals surface area contributed by atoms with Crippen LogP contribution in [0.2, 0.25) is 0 Å². The van der Waals surface area contributed by atoms with Gasteiger partial charge in [-0.2, -0.15) is 0 Å². The number of benzene rings is 1. The van der Waals surface area contributed by atoms with E-state index in [0.717, 1.165) is 10.8 Å². The molecule has 0 heterocycles. The number of methoxy groups -OCH3 is 1. The van der Waals surface area contributed by atoms with Gasteiger partial charge in [0, 0.05) is 4.47 Å². The first-order valence-electron chi connectivity index (χ1n) is 5.04. The molecule has 0 unspecified atom stereocenters. The Bertz CT molecular complexity index is 375. The van der Waals surface area contributed by atoms with Gasteiger partial charge in [0.1, 0.15) is 0 Å². The van der Waals surface area contributed by atoms with E-state index >= 15 is 0 Å². The molecule has 0 spiro atoms. The standard InChI is InChI=1S/C12H15BrO3/c1-8(2)7-16-12-9(6-14)4-10(13)5-11(12)15-3/h4-6,8H,7H2,1-3H3. The predicted octanol–water partition coefficient (Wildman–Crippen LogP) is 3.31. The number of carbonyl (C=O) groups excluding carboxylic acids is 1. The Balaban J connectivity index is 3.06. The van der Waals surface area contributed by atoms with Gasteiger partial charge >= 0.3 is 0 Å². The molecule has 4 heteroatoms. The van der Waals surface area contributed by atoms with Gasteiger partial charge in [-0.1, -0.05) is 29.8 Å². The van der Waals surface area contributed by atoms with Crippen LogP contribution >= 0.6 is 15.9 Å². The molecular weight excluding hydrogens is 272 g/mol. The minimum absolute atomic E-state index is 0.396. The van der Waals surface area contributed by atoms with Crippen LogP contribution in [0.4, 0.5) is 0 Å². The zero-order valence-electron chi connectivity index (χ0n) is 9.62. The summed E-state index contributed by atoms with van der Waals surface area (Å²) in [6.07, 6.45) is 0.767. The number of carbonyl (C=O) groups is 1. The van der Waals surface area contributed by atoms with E-state index in [9.17, 15) is 4.79 Å². The fourth-order valence-corrected chi connectivity index (χ4v) is 1.69. The summed E-state index contributed by atoms with van der Waals surface area (Å²) in [7, 11) is 1.55. The molecule has 0 saturated carbocycles. The summed E-state index contributed by atoms with van der Waals surface area (Å²) >= 11 is 3.31. The monoisotopic (exact) mass is 286 g/mol. The van der Waals surface area contributed by atoms with Gasteiger partial charge < -0.3 is 9.47 Å². The Morgan fingerprint density at radius 1 is 1.44 bits per heavy atom. The van der Waals surface area contributed by atoms with Crippen LogP contribution in [-0.2, 0) is 0 Å². The largest absolute Gasteiger partial charge is 0.493 e. The zero-order chi connectivity index (χ0) is 12.1. The van der Waals surface area contributed by atoms with Gasteiger partial charge in [-0.05, 0) is 18.1 Å². The Morgan fingerprint density at radius 2 is 2.12 bits per heavy atom. The molecule has 0 atom stereocenters. The third kappa shape index (κ3) is 3.23. The lowest BCUT2D eigenvalue weighted by Crippen LogP contribution is -2.07. The lowest BCUT2D eigenvalue weighted by atomic mass is 10.2. The maximum atomic E-state index is 10.9. The molecular formula is C12H15BrO3. The number of ether oxygens (including phenoxy) is 2. The molecule has 0 radical (unpaired) electrons. The van der Waals surface area contributed by atoms with Gasteiger partial charge in [0.15, 0.2) is 17.8 Å². The molecule has 0 bridgehead atoms. The molecule has 0 aliphatic rings. The summed E-state index contributed by atoms with van der Waals surface area (Å²) in [4.78, 5) is 10.9. The van der Waals surface area contributed by atoms with Crippen LogP contribution in [0.1, 0.15) is 24.2 Å². The fraction of sp³-hybridized carbons (Fsp3) is 0.417. The normalized spacial score (nSPS) is 10.3. The second-order valence-electron chi connectivity index (χ2n) is 3.85. The zero-order valence-corrected chi connectivity index (χ0v) is 11.2. The summed E-state index contributed by atoms with van der Waals surface area (Å²) < 4.78 is 11.6. The van der Waals surface area contributed by atoms with Crippen LogP contribution in [0.3, 0.4) is 0 Å². The van der Waals surface area contributed by atoms with Gasteiger partial charge in [-0.25, -0.2) is 0 Å². The summed E-state index contributed by atoms with van der Waals surface area (Å²) in [5, 5.41) is 0. The van der Waals surface area contributed by atoms with Crippen molar-refractivity contribution in [2.24, 2.45) is 5.92 Å². The second-order valence-corrected chi connectivity index (χ2v) is 4.76. The fourth-order valence-electron chi connectivity index (χ4n) is 1.23. The molecule has 0 aliphatic carbocycles. The van der Waals surface area contributed by atoms with E-state index < -0.39 is 0 Å². The van der Waals surface area contributed by atoms with E-state index in [4.69, 9.17) is 9.47 Å². The van der Waals surface area contributed by atoms with Crippen LogP contribution in [0.15, 0.2) is 16.6 Å². The highest BCUT2D eigenvalue weighted by molar-refractivity contribution is 9.10. The Labute approximate surface area is 104 Å². The molecule has 1 rings (SSSR count). The van der Waals surface area contributed by atoms with Crippen molar-refractivity contribution in [2.75, 3.05) is 13.7 Å². The molecule has 1 aromatic rings. The number of rotatable bonds is 5.